The Morgan fingerprint density at radius 3 is 2.84 bits per heavy atom. The Labute approximate surface area is 109 Å². The molecule has 0 aromatic carbocycles. The SMILES string of the molecule is O=C(O)c1ccc2nnc(CN3CCNCC3)n2c1. The Morgan fingerprint density at radius 2 is 2.11 bits per heavy atom. The highest BCUT2D eigenvalue weighted by molar-refractivity contribution is 5.87. The first-order valence-corrected chi connectivity index (χ1v) is 6.24. The molecule has 7 heteroatoms. The van der Waals surface area contributed by atoms with Gasteiger partial charge in [-0.1, -0.05) is 0 Å². The second kappa shape index (κ2) is 4.94. The first-order chi connectivity index (χ1) is 9.24. The summed E-state index contributed by atoms with van der Waals surface area (Å²) in [6.07, 6.45) is 1.58. The summed E-state index contributed by atoms with van der Waals surface area (Å²) in [5.41, 5.74) is 0.920. The number of aromatic carboxylic acids is 1. The second-order valence-electron chi connectivity index (χ2n) is 4.59. The van der Waals surface area contributed by atoms with Crippen LogP contribution < -0.4 is 5.32 Å². The van der Waals surface area contributed by atoms with Crippen LogP contribution >= 0.6 is 0 Å². The van der Waals surface area contributed by atoms with Crippen LogP contribution in [0.5, 0.6) is 0 Å². The van der Waals surface area contributed by atoms with Gasteiger partial charge >= 0.3 is 5.97 Å². The molecule has 1 fully saturated rings. The third kappa shape index (κ3) is 2.42. The molecule has 0 saturated carbocycles. The van der Waals surface area contributed by atoms with Crippen LogP contribution in [-0.4, -0.2) is 56.8 Å². The molecule has 2 N–H and O–H groups in total. The fraction of sp³-hybridized carbons (Fsp3) is 0.417. The van der Waals surface area contributed by atoms with Crippen molar-refractivity contribution < 1.29 is 9.90 Å². The van der Waals surface area contributed by atoms with Crippen LogP contribution in [-0.2, 0) is 6.54 Å². The zero-order valence-electron chi connectivity index (χ0n) is 10.4. The number of carboxylic acids is 1. The molecule has 0 unspecified atom stereocenters. The number of pyridine rings is 1. The van der Waals surface area contributed by atoms with E-state index >= 15 is 0 Å². The first kappa shape index (κ1) is 12.1. The minimum Gasteiger partial charge on any atom is -0.478 e. The predicted octanol–water partition coefficient (Wildman–Crippen LogP) is -0.167. The smallest absolute Gasteiger partial charge is 0.337 e. The van der Waals surface area contributed by atoms with E-state index in [9.17, 15) is 4.79 Å². The van der Waals surface area contributed by atoms with Gasteiger partial charge in [0.05, 0.1) is 12.1 Å². The normalized spacial score (nSPS) is 16.8. The number of aromatic nitrogens is 3. The summed E-state index contributed by atoms with van der Waals surface area (Å²) in [4.78, 5) is 13.3. The molecule has 100 valence electrons. The third-order valence-corrected chi connectivity index (χ3v) is 3.29. The average molecular weight is 261 g/mol. The number of nitrogens with zero attached hydrogens (tertiary/aromatic N) is 4. The predicted molar refractivity (Wildman–Crippen MR) is 68.1 cm³/mol. The van der Waals surface area contributed by atoms with Crippen molar-refractivity contribution in [3.8, 4) is 0 Å². The monoisotopic (exact) mass is 261 g/mol. The molecule has 0 atom stereocenters. The van der Waals surface area contributed by atoms with Crippen molar-refractivity contribution in [2.75, 3.05) is 26.2 Å². The standard InChI is InChI=1S/C12H15N5O2/c18-12(19)9-1-2-10-14-15-11(17(10)7-9)8-16-5-3-13-4-6-16/h1-2,7,13H,3-6,8H2,(H,18,19). The van der Waals surface area contributed by atoms with E-state index in [1.165, 1.54) is 0 Å². The van der Waals surface area contributed by atoms with Crippen LogP contribution in [0.4, 0.5) is 0 Å². The van der Waals surface area contributed by atoms with E-state index in [0.717, 1.165) is 32.0 Å². The molecule has 2 aromatic heterocycles. The fourth-order valence-corrected chi connectivity index (χ4v) is 2.24. The van der Waals surface area contributed by atoms with E-state index in [1.807, 2.05) is 0 Å². The highest BCUT2D eigenvalue weighted by Crippen LogP contribution is 2.09. The molecule has 0 bridgehead atoms. The van der Waals surface area contributed by atoms with E-state index in [2.05, 4.69) is 20.4 Å². The Kier molecular flexibility index (Phi) is 3.14. The maximum Gasteiger partial charge on any atom is 0.337 e. The van der Waals surface area contributed by atoms with Crippen LogP contribution in [0.15, 0.2) is 18.3 Å². The fourth-order valence-electron chi connectivity index (χ4n) is 2.24. The molecule has 3 heterocycles. The van der Waals surface area contributed by atoms with Crippen LogP contribution in [0.1, 0.15) is 16.2 Å². The molecule has 1 aliphatic heterocycles. The minimum atomic E-state index is -0.941. The Bertz CT molecular complexity index is 603. The molecule has 3 rings (SSSR count). The van der Waals surface area contributed by atoms with Gasteiger partial charge in [0.15, 0.2) is 11.5 Å². The molecule has 0 radical (unpaired) electrons. The van der Waals surface area contributed by atoms with Crippen LogP contribution in [0.3, 0.4) is 0 Å². The van der Waals surface area contributed by atoms with Crippen molar-refractivity contribution >= 4 is 11.6 Å². The summed E-state index contributed by atoms with van der Waals surface area (Å²) in [7, 11) is 0. The lowest BCUT2D eigenvalue weighted by molar-refractivity contribution is 0.0696. The van der Waals surface area contributed by atoms with Crippen LogP contribution in [0.2, 0.25) is 0 Å². The number of piperazine rings is 1. The summed E-state index contributed by atoms with van der Waals surface area (Å²) in [5, 5.41) is 20.5. The van der Waals surface area contributed by atoms with Crippen molar-refractivity contribution in [1.29, 1.82) is 0 Å². The second-order valence-corrected chi connectivity index (χ2v) is 4.59. The Hall–Kier alpha value is -1.99. The maximum absolute atomic E-state index is 11.0. The first-order valence-electron chi connectivity index (χ1n) is 6.24. The van der Waals surface area contributed by atoms with Gasteiger partial charge in [-0.15, -0.1) is 10.2 Å². The summed E-state index contributed by atoms with van der Waals surface area (Å²) in [6, 6.07) is 3.22. The third-order valence-electron chi connectivity index (χ3n) is 3.29. The maximum atomic E-state index is 11.0. The lowest BCUT2D eigenvalue weighted by Gasteiger charge is -2.26. The highest BCUT2D eigenvalue weighted by Gasteiger charge is 2.14. The molecule has 0 spiro atoms. The number of hydrogen-bond acceptors (Lipinski definition) is 5. The van der Waals surface area contributed by atoms with Gasteiger partial charge in [-0.2, -0.15) is 0 Å². The van der Waals surface area contributed by atoms with Crippen LogP contribution in [0.25, 0.3) is 5.65 Å². The lowest BCUT2D eigenvalue weighted by Crippen LogP contribution is -2.43. The van der Waals surface area contributed by atoms with Crippen LogP contribution in [0, 0.1) is 0 Å². The van der Waals surface area contributed by atoms with Crippen molar-refractivity contribution in [2.24, 2.45) is 0 Å². The molecule has 7 nitrogen and oxygen atoms in total. The van der Waals surface area contributed by atoms with Gasteiger partial charge in [-0.25, -0.2) is 4.79 Å². The molecular formula is C12H15N5O2. The van der Waals surface area contributed by atoms with E-state index in [-0.39, 0.29) is 5.56 Å². The molecule has 2 aromatic rings. The van der Waals surface area contributed by atoms with E-state index in [0.29, 0.717) is 12.2 Å². The van der Waals surface area contributed by atoms with Gasteiger partial charge in [0.1, 0.15) is 0 Å². The number of nitrogens with one attached hydrogen (secondary N) is 1. The van der Waals surface area contributed by atoms with Gasteiger partial charge in [0.2, 0.25) is 0 Å². The van der Waals surface area contributed by atoms with Gasteiger partial charge in [-0.3, -0.25) is 9.30 Å². The van der Waals surface area contributed by atoms with E-state index in [4.69, 9.17) is 5.11 Å². The number of rotatable bonds is 3. The molecule has 0 amide bonds. The largest absolute Gasteiger partial charge is 0.478 e. The van der Waals surface area contributed by atoms with Gasteiger partial charge in [0, 0.05) is 32.4 Å². The zero-order valence-corrected chi connectivity index (χ0v) is 10.4. The average Bonchev–Trinajstić information content (AvgIpc) is 2.82. The lowest BCUT2D eigenvalue weighted by atomic mass is 10.3. The van der Waals surface area contributed by atoms with Crippen molar-refractivity contribution in [3.63, 3.8) is 0 Å². The van der Waals surface area contributed by atoms with Crippen molar-refractivity contribution in [1.82, 2.24) is 24.8 Å². The molecule has 19 heavy (non-hydrogen) atoms. The van der Waals surface area contributed by atoms with E-state index in [1.54, 1.807) is 22.7 Å². The van der Waals surface area contributed by atoms with Crippen molar-refractivity contribution in [3.05, 3.63) is 29.7 Å². The number of fused-ring (bicyclic) bond motifs is 1. The molecule has 0 aliphatic carbocycles. The molecule has 1 aliphatic rings. The summed E-state index contributed by atoms with van der Waals surface area (Å²) >= 11 is 0. The number of carbonyl (C=O) groups is 1. The number of carboxylic acid groups (broad SMARTS) is 1. The Morgan fingerprint density at radius 1 is 1.32 bits per heavy atom. The topological polar surface area (TPSA) is 82.8 Å². The highest BCUT2D eigenvalue weighted by atomic mass is 16.4. The van der Waals surface area contributed by atoms with Gasteiger partial charge in [-0.05, 0) is 12.1 Å². The zero-order chi connectivity index (χ0) is 13.2. The number of hydrogen-bond donors (Lipinski definition) is 2. The quantitative estimate of drug-likeness (QED) is 0.798. The van der Waals surface area contributed by atoms with E-state index < -0.39 is 5.97 Å². The van der Waals surface area contributed by atoms with Gasteiger partial charge in [0.25, 0.3) is 0 Å². The molecular weight excluding hydrogens is 246 g/mol. The summed E-state index contributed by atoms with van der Waals surface area (Å²) < 4.78 is 1.76. The summed E-state index contributed by atoms with van der Waals surface area (Å²) in [5.74, 6) is -0.163. The summed E-state index contributed by atoms with van der Waals surface area (Å²) in [6.45, 7) is 4.56. The minimum absolute atomic E-state index is 0.244. The Balaban J connectivity index is 1.89. The molecule has 1 saturated heterocycles. The van der Waals surface area contributed by atoms with Crippen molar-refractivity contribution in [2.45, 2.75) is 6.54 Å². The van der Waals surface area contributed by atoms with Gasteiger partial charge < -0.3 is 10.4 Å².